The first-order valence-corrected chi connectivity index (χ1v) is 6.50. The SMILES string of the molecule is Cc1cc(C)c(CN)c(Oc2ccc(Br)cc2)n1. The average molecular weight is 307 g/mol. The van der Waals surface area contributed by atoms with Crippen molar-refractivity contribution in [2.45, 2.75) is 20.4 Å². The molecule has 2 aromatic rings. The van der Waals surface area contributed by atoms with E-state index in [0.717, 1.165) is 27.0 Å². The minimum Gasteiger partial charge on any atom is -0.439 e. The van der Waals surface area contributed by atoms with Crippen LogP contribution in [0.3, 0.4) is 0 Å². The fourth-order valence-electron chi connectivity index (χ4n) is 1.78. The lowest BCUT2D eigenvalue weighted by molar-refractivity contribution is 0.454. The second-order valence-electron chi connectivity index (χ2n) is 4.12. The number of rotatable bonds is 3. The maximum Gasteiger partial charge on any atom is 0.224 e. The fourth-order valence-corrected chi connectivity index (χ4v) is 2.04. The number of aryl methyl sites for hydroxylation is 2. The fraction of sp³-hybridized carbons (Fsp3) is 0.214. The Morgan fingerprint density at radius 1 is 1.22 bits per heavy atom. The van der Waals surface area contributed by atoms with Crippen LogP contribution in [0.4, 0.5) is 0 Å². The summed E-state index contributed by atoms with van der Waals surface area (Å²) in [6.45, 7) is 4.39. The highest BCUT2D eigenvalue weighted by Crippen LogP contribution is 2.26. The molecule has 0 saturated carbocycles. The highest BCUT2D eigenvalue weighted by Gasteiger charge is 2.09. The van der Waals surface area contributed by atoms with Crippen LogP contribution in [0.25, 0.3) is 0 Å². The van der Waals surface area contributed by atoms with Gasteiger partial charge in [-0.05, 0) is 49.7 Å². The van der Waals surface area contributed by atoms with Gasteiger partial charge in [0, 0.05) is 22.3 Å². The van der Waals surface area contributed by atoms with Crippen molar-refractivity contribution in [3.8, 4) is 11.6 Å². The summed E-state index contributed by atoms with van der Waals surface area (Å²) in [5, 5.41) is 0. The predicted octanol–water partition coefficient (Wildman–Crippen LogP) is 3.71. The molecule has 1 aromatic carbocycles. The monoisotopic (exact) mass is 306 g/mol. The molecule has 2 rings (SSSR count). The summed E-state index contributed by atoms with van der Waals surface area (Å²) in [4.78, 5) is 4.41. The summed E-state index contributed by atoms with van der Waals surface area (Å²) in [6.07, 6.45) is 0. The summed E-state index contributed by atoms with van der Waals surface area (Å²) >= 11 is 3.39. The van der Waals surface area contributed by atoms with Crippen molar-refractivity contribution >= 4 is 15.9 Å². The van der Waals surface area contributed by atoms with Gasteiger partial charge in [-0.15, -0.1) is 0 Å². The first-order chi connectivity index (χ1) is 8.60. The molecule has 0 bridgehead atoms. The van der Waals surface area contributed by atoms with E-state index in [9.17, 15) is 0 Å². The summed E-state index contributed by atoms with van der Waals surface area (Å²) < 4.78 is 6.82. The molecule has 0 unspecified atom stereocenters. The molecule has 2 N–H and O–H groups in total. The van der Waals surface area contributed by atoms with Gasteiger partial charge in [-0.2, -0.15) is 0 Å². The largest absolute Gasteiger partial charge is 0.439 e. The Morgan fingerprint density at radius 2 is 1.89 bits per heavy atom. The first-order valence-electron chi connectivity index (χ1n) is 5.70. The maximum absolute atomic E-state index is 5.81. The quantitative estimate of drug-likeness (QED) is 0.940. The van der Waals surface area contributed by atoms with E-state index >= 15 is 0 Å². The zero-order valence-electron chi connectivity index (χ0n) is 10.4. The van der Waals surface area contributed by atoms with Gasteiger partial charge in [-0.25, -0.2) is 4.98 Å². The van der Waals surface area contributed by atoms with Crippen LogP contribution >= 0.6 is 15.9 Å². The minimum absolute atomic E-state index is 0.422. The lowest BCUT2D eigenvalue weighted by atomic mass is 10.1. The van der Waals surface area contributed by atoms with E-state index in [2.05, 4.69) is 20.9 Å². The van der Waals surface area contributed by atoms with Gasteiger partial charge in [-0.1, -0.05) is 15.9 Å². The van der Waals surface area contributed by atoms with Crippen LogP contribution in [0.15, 0.2) is 34.8 Å². The summed E-state index contributed by atoms with van der Waals surface area (Å²) in [5.74, 6) is 1.35. The lowest BCUT2D eigenvalue weighted by Crippen LogP contribution is -2.05. The van der Waals surface area contributed by atoms with Crippen LogP contribution < -0.4 is 10.5 Å². The van der Waals surface area contributed by atoms with E-state index in [0.29, 0.717) is 12.4 Å². The third-order valence-electron chi connectivity index (χ3n) is 2.67. The zero-order chi connectivity index (χ0) is 13.1. The number of nitrogens with two attached hydrogens (primary N) is 1. The van der Waals surface area contributed by atoms with Gasteiger partial charge >= 0.3 is 0 Å². The topological polar surface area (TPSA) is 48.1 Å². The average Bonchev–Trinajstić information content (AvgIpc) is 2.32. The van der Waals surface area contributed by atoms with Crippen molar-refractivity contribution in [2.24, 2.45) is 5.73 Å². The molecular weight excluding hydrogens is 292 g/mol. The van der Waals surface area contributed by atoms with Crippen LogP contribution in [-0.4, -0.2) is 4.98 Å². The van der Waals surface area contributed by atoms with Crippen LogP contribution in [0, 0.1) is 13.8 Å². The van der Waals surface area contributed by atoms with Gasteiger partial charge in [0.25, 0.3) is 0 Å². The van der Waals surface area contributed by atoms with E-state index in [1.165, 1.54) is 0 Å². The number of halogens is 1. The molecule has 0 spiro atoms. The molecular formula is C14H15BrN2O. The smallest absolute Gasteiger partial charge is 0.224 e. The number of benzene rings is 1. The van der Waals surface area contributed by atoms with Gasteiger partial charge in [0.15, 0.2) is 0 Å². The van der Waals surface area contributed by atoms with Crippen molar-refractivity contribution < 1.29 is 4.74 Å². The van der Waals surface area contributed by atoms with Gasteiger partial charge in [0.2, 0.25) is 5.88 Å². The number of pyridine rings is 1. The molecule has 0 aliphatic carbocycles. The van der Waals surface area contributed by atoms with Crippen LogP contribution in [-0.2, 0) is 6.54 Å². The van der Waals surface area contributed by atoms with Crippen LogP contribution in [0.5, 0.6) is 11.6 Å². The third kappa shape index (κ3) is 2.89. The molecule has 18 heavy (non-hydrogen) atoms. The Balaban J connectivity index is 2.36. The van der Waals surface area contributed by atoms with Crippen molar-refractivity contribution in [1.29, 1.82) is 0 Å². The number of nitrogens with zero attached hydrogens (tertiary/aromatic N) is 1. The first kappa shape index (κ1) is 13.1. The molecule has 0 radical (unpaired) electrons. The van der Waals surface area contributed by atoms with Crippen molar-refractivity contribution in [3.05, 3.63) is 51.6 Å². The number of hydrogen-bond donors (Lipinski definition) is 1. The molecule has 1 aromatic heterocycles. The molecule has 1 heterocycles. The number of hydrogen-bond acceptors (Lipinski definition) is 3. The molecule has 0 atom stereocenters. The van der Waals surface area contributed by atoms with Crippen LogP contribution in [0.1, 0.15) is 16.8 Å². The van der Waals surface area contributed by atoms with E-state index in [1.54, 1.807) is 0 Å². The van der Waals surface area contributed by atoms with Gasteiger partial charge in [0.05, 0.1) is 0 Å². The molecule has 4 heteroatoms. The van der Waals surface area contributed by atoms with Gasteiger partial charge < -0.3 is 10.5 Å². The normalized spacial score (nSPS) is 10.4. The van der Waals surface area contributed by atoms with Crippen molar-refractivity contribution in [2.75, 3.05) is 0 Å². The molecule has 94 valence electrons. The van der Waals surface area contributed by atoms with Crippen molar-refractivity contribution in [1.82, 2.24) is 4.98 Å². The Morgan fingerprint density at radius 3 is 2.50 bits per heavy atom. The summed E-state index contributed by atoms with van der Waals surface area (Å²) in [7, 11) is 0. The van der Waals surface area contributed by atoms with Crippen LogP contribution in [0.2, 0.25) is 0 Å². The lowest BCUT2D eigenvalue weighted by Gasteiger charge is -2.12. The Labute approximate surface area is 115 Å². The number of aromatic nitrogens is 1. The Kier molecular flexibility index (Phi) is 3.99. The van der Waals surface area contributed by atoms with Gasteiger partial charge in [0.1, 0.15) is 5.75 Å². The second-order valence-corrected chi connectivity index (χ2v) is 5.04. The molecule has 0 fully saturated rings. The highest BCUT2D eigenvalue weighted by molar-refractivity contribution is 9.10. The summed E-state index contributed by atoms with van der Waals surface area (Å²) in [6, 6.07) is 9.66. The zero-order valence-corrected chi connectivity index (χ0v) is 12.0. The standard InChI is InChI=1S/C14H15BrN2O/c1-9-7-10(2)17-14(13(9)8-16)18-12-5-3-11(15)4-6-12/h3-7H,8,16H2,1-2H3. The maximum atomic E-state index is 5.81. The molecule has 0 aliphatic heterocycles. The molecule has 3 nitrogen and oxygen atoms in total. The van der Waals surface area contributed by atoms with E-state index in [4.69, 9.17) is 10.5 Å². The van der Waals surface area contributed by atoms with Gasteiger partial charge in [-0.3, -0.25) is 0 Å². The highest BCUT2D eigenvalue weighted by atomic mass is 79.9. The summed E-state index contributed by atoms with van der Waals surface area (Å²) in [5.41, 5.74) is 8.74. The predicted molar refractivity (Wildman–Crippen MR) is 75.8 cm³/mol. The number of ether oxygens (including phenoxy) is 1. The Hall–Kier alpha value is -1.39. The Bertz CT molecular complexity index is 552. The third-order valence-corrected chi connectivity index (χ3v) is 3.20. The van der Waals surface area contributed by atoms with E-state index < -0.39 is 0 Å². The molecule has 0 saturated heterocycles. The molecule has 0 aliphatic rings. The van der Waals surface area contributed by atoms with E-state index in [-0.39, 0.29) is 0 Å². The van der Waals surface area contributed by atoms with Crippen molar-refractivity contribution in [3.63, 3.8) is 0 Å². The molecule has 0 amide bonds. The second kappa shape index (κ2) is 5.50. The van der Waals surface area contributed by atoms with E-state index in [1.807, 2.05) is 44.2 Å². The minimum atomic E-state index is 0.422.